The second kappa shape index (κ2) is 5.72. The van der Waals surface area contributed by atoms with Crippen LogP contribution < -0.4 is 4.74 Å². The minimum absolute atomic E-state index is 0.747. The van der Waals surface area contributed by atoms with E-state index in [1.807, 2.05) is 0 Å². The van der Waals surface area contributed by atoms with Crippen molar-refractivity contribution < 1.29 is 4.74 Å². The van der Waals surface area contributed by atoms with E-state index in [0.29, 0.717) is 0 Å². The Morgan fingerprint density at radius 1 is 1.44 bits per heavy atom. The highest BCUT2D eigenvalue weighted by atomic mass is 79.9. The molecule has 0 amide bonds. The highest BCUT2D eigenvalue weighted by Gasteiger charge is 2.21. The second-order valence-corrected chi connectivity index (χ2v) is 5.24. The SMILES string of the molecule is COc1cccc2c1CCC[C@H]2CCCBr. The number of ether oxygens (including phenoxy) is 1. The third-order valence-corrected chi connectivity index (χ3v) is 4.06. The molecule has 1 aromatic carbocycles. The van der Waals surface area contributed by atoms with E-state index in [4.69, 9.17) is 4.74 Å². The van der Waals surface area contributed by atoms with Gasteiger partial charge in [-0.25, -0.2) is 0 Å². The van der Waals surface area contributed by atoms with Gasteiger partial charge in [-0.05, 0) is 55.2 Å². The van der Waals surface area contributed by atoms with Crippen LogP contribution in [0.15, 0.2) is 18.2 Å². The predicted molar refractivity (Wildman–Crippen MR) is 71.7 cm³/mol. The molecule has 0 saturated carbocycles. The zero-order valence-electron chi connectivity index (χ0n) is 9.84. The maximum absolute atomic E-state index is 5.46. The number of fused-ring (bicyclic) bond motifs is 1. The zero-order chi connectivity index (χ0) is 11.4. The average Bonchev–Trinajstić information content (AvgIpc) is 2.35. The molecule has 0 spiro atoms. The third kappa shape index (κ3) is 2.42. The van der Waals surface area contributed by atoms with Crippen LogP contribution >= 0.6 is 15.9 Å². The molecule has 88 valence electrons. The van der Waals surface area contributed by atoms with Gasteiger partial charge in [-0.15, -0.1) is 0 Å². The van der Waals surface area contributed by atoms with Gasteiger partial charge in [0.1, 0.15) is 5.75 Å². The highest BCUT2D eigenvalue weighted by Crippen LogP contribution is 2.38. The first kappa shape index (κ1) is 12.0. The summed E-state index contributed by atoms with van der Waals surface area (Å²) in [6.07, 6.45) is 6.39. The molecule has 0 saturated heterocycles. The number of hydrogen-bond donors (Lipinski definition) is 0. The van der Waals surface area contributed by atoms with Crippen LogP contribution in [-0.2, 0) is 6.42 Å². The molecular formula is C14H19BrO. The van der Waals surface area contributed by atoms with Crippen molar-refractivity contribution in [3.05, 3.63) is 29.3 Å². The normalized spacial score (nSPS) is 19.2. The van der Waals surface area contributed by atoms with Crippen molar-refractivity contribution in [3.8, 4) is 5.75 Å². The lowest BCUT2D eigenvalue weighted by molar-refractivity contribution is 0.401. The van der Waals surface area contributed by atoms with Crippen molar-refractivity contribution in [2.45, 2.75) is 38.0 Å². The number of methoxy groups -OCH3 is 1. The molecule has 1 aliphatic rings. The Bertz CT molecular complexity index is 349. The van der Waals surface area contributed by atoms with Crippen LogP contribution in [0.4, 0.5) is 0 Å². The fraction of sp³-hybridized carbons (Fsp3) is 0.571. The summed E-state index contributed by atoms with van der Waals surface area (Å²) in [7, 11) is 1.78. The summed E-state index contributed by atoms with van der Waals surface area (Å²) in [5.74, 6) is 1.83. The van der Waals surface area contributed by atoms with Gasteiger partial charge in [0.15, 0.2) is 0 Å². The molecular weight excluding hydrogens is 264 g/mol. The van der Waals surface area contributed by atoms with Crippen molar-refractivity contribution in [2.24, 2.45) is 0 Å². The molecule has 1 nitrogen and oxygen atoms in total. The van der Waals surface area contributed by atoms with Gasteiger partial charge in [0, 0.05) is 5.33 Å². The molecule has 0 fully saturated rings. The van der Waals surface area contributed by atoms with Gasteiger partial charge in [0.25, 0.3) is 0 Å². The van der Waals surface area contributed by atoms with Crippen LogP contribution in [0.5, 0.6) is 5.75 Å². The minimum atomic E-state index is 0.747. The van der Waals surface area contributed by atoms with Gasteiger partial charge in [0.2, 0.25) is 0 Å². The van der Waals surface area contributed by atoms with Gasteiger partial charge in [0.05, 0.1) is 7.11 Å². The molecule has 0 bridgehead atoms. The number of rotatable bonds is 4. The number of hydrogen-bond acceptors (Lipinski definition) is 1. The third-order valence-electron chi connectivity index (χ3n) is 3.49. The van der Waals surface area contributed by atoms with Gasteiger partial charge in [-0.3, -0.25) is 0 Å². The van der Waals surface area contributed by atoms with E-state index in [2.05, 4.69) is 34.1 Å². The lowest BCUT2D eigenvalue weighted by Crippen LogP contribution is -2.11. The summed E-state index contributed by atoms with van der Waals surface area (Å²) < 4.78 is 5.46. The molecule has 0 aromatic heterocycles. The standard InChI is InChI=1S/C14H19BrO/c1-16-14-9-3-7-12-11(6-4-10-15)5-2-8-13(12)14/h3,7,9,11H,2,4-6,8,10H2,1H3/t11-/m0/s1. The van der Waals surface area contributed by atoms with Crippen molar-refractivity contribution in [1.29, 1.82) is 0 Å². The molecule has 1 aliphatic carbocycles. The summed E-state index contributed by atoms with van der Waals surface area (Å²) in [6.45, 7) is 0. The van der Waals surface area contributed by atoms with Crippen LogP contribution in [0.25, 0.3) is 0 Å². The van der Waals surface area contributed by atoms with Crippen molar-refractivity contribution in [1.82, 2.24) is 0 Å². The first-order valence-electron chi connectivity index (χ1n) is 6.08. The van der Waals surface area contributed by atoms with Gasteiger partial charge in [-0.1, -0.05) is 28.1 Å². The Morgan fingerprint density at radius 2 is 2.31 bits per heavy atom. The minimum Gasteiger partial charge on any atom is -0.496 e. The average molecular weight is 283 g/mol. The second-order valence-electron chi connectivity index (χ2n) is 4.45. The molecule has 0 heterocycles. The molecule has 1 atom stereocenters. The molecule has 0 aliphatic heterocycles. The Labute approximate surface area is 106 Å². The maximum Gasteiger partial charge on any atom is 0.122 e. The van der Waals surface area contributed by atoms with Gasteiger partial charge >= 0.3 is 0 Å². The summed E-state index contributed by atoms with van der Waals surface area (Å²) >= 11 is 3.52. The molecule has 0 radical (unpaired) electrons. The van der Waals surface area contributed by atoms with Crippen LogP contribution in [0, 0.1) is 0 Å². The Kier molecular flexibility index (Phi) is 4.28. The van der Waals surface area contributed by atoms with E-state index in [-0.39, 0.29) is 0 Å². The zero-order valence-corrected chi connectivity index (χ0v) is 11.4. The monoisotopic (exact) mass is 282 g/mol. The smallest absolute Gasteiger partial charge is 0.122 e. The van der Waals surface area contributed by atoms with Crippen LogP contribution in [0.2, 0.25) is 0 Å². The van der Waals surface area contributed by atoms with Crippen molar-refractivity contribution in [2.75, 3.05) is 12.4 Å². The summed E-state index contributed by atoms with van der Waals surface area (Å²) in [5, 5.41) is 1.11. The van der Waals surface area contributed by atoms with Crippen LogP contribution in [0.3, 0.4) is 0 Å². The lowest BCUT2D eigenvalue weighted by Gasteiger charge is -2.26. The molecule has 2 rings (SSSR count). The van der Waals surface area contributed by atoms with Crippen LogP contribution in [0.1, 0.15) is 42.7 Å². The summed E-state index contributed by atoms with van der Waals surface area (Å²) in [4.78, 5) is 0. The fourth-order valence-corrected chi connectivity index (χ4v) is 3.05. The van der Waals surface area contributed by atoms with Crippen molar-refractivity contribution >= 4 is 15.9 Å². The largest absolute Gasteiger partial charge is 0.496 e. The first-order chi connectivity index (χ1) is 7.86. The Hall–Kier alpha value is -0.500. The van der Waals surface area contributed by atoms with E-state index < -0.39 is 0 Å². The lowest BCUT2D eigenvalue weighted by atomic mass is 9.80. The van der Waals surface area contributed by atoms with E-state index in [1.165, 1.54) is 43.2 Å². The van der Waals surface area contributed by atoms with Gasteiger partial charge < -0.3 is 4.74 Å². The quantitative estimate of drug-likeness (QED) is 0.749. The van der Waals surface area contributed by atoms with E-state index in [0.717, 1.165) is 17.0 Å². The van der Waals surface area contributed by atoms with Crippen molar-refractivity contribution in [3.63, 3.8) is 0 Å². The number of benzene rings is 1. The van der Waals surface area contributed by atoms with Crippen LogP contribution in [-0.4, -0.2) is 12.4 Å². The Morgan fingerprint density at radius 3 is 3.06 bits per heavy atom. The molecule has 16 heavy (non-hydrogen) atoms. The maximum atomic E-state index is 5.46. The van der Waals surface area contributed by atoms with E-state index >= 15 is 0 Å². The van der Waals surface area contributed by atoms with E-state index in [1.54, 1.807) is 7.11 Å². The molecule has 2 heteroatoms. The fourth-order valence-electron chi connectivity index (χ4n) is 2.73. The summed E-state index contributed by atoms with van der Waals surface area (Å²) in [5.41, 5.74) is 2.99. The number of alkyl halides is 1. The Balaban J connectivity index is 2.24. The highest BCUT2D eigenvalue weighted by molar-refractivity contribution is 9.09. The van der Waals surface area contributed by atoms with E-state index in [9.17, 15) is 0 Å². The molecule has 0 unspecified atom stereocenters. The predicted octanol–water partition coefficient (Wildman–Crippen LogP) is 4.29. The molecule has 1 aromatic rings. The molecule has 0 N–H and O–H groups in total. The van der Waals surface area contributed by atoms with Gasteiger partial charge in [-0.2, -0.15) is 0 Å². The first-order valence-corrected chi connectivity index (χ1v) is 7.20. The summed E-state index contributed by atoms with van der Waals surface area (Å²) in [6, 6.07) is 6.51. The topological polar surface area (TPSA) is 9.23 Å². The number of halogens is 1.